The molecule has 1 heterocycles. The average Bonchev–Trinajstić information content (AvgIpc) is 2.38. The fourth-order valence-corrected chi connectivity index (χ4v) is 1.87. The minimum atomic E-state index is 0.394. The molecule has 0 amide bonds. The lowest BCUT2D eigenvalue weighted by Gasteiger charge is -2.14. The van der Waals surface area contributed by atoms with Crippen LogP contribution in [-0.4, -0.2) is 25.0 Å². The number of nitrogens with zero attached hydrogens (tertiary/aromatic N) is 4. The van der Waals surface area contributed by atoms with Crippen molar-refractivity contribution in [1.82, 2.24) is 20.2 Å². The molecule has 0 spiro atoms. The maximum absolute atomic E-state index is 3.98. The Morgan fingerprint density at radius 3 is 2.58 bits per heavy atom. The molecule has 0 aliphatic rings. The molecule has 12 heavy (non-hydrogen) atoms. The van der Waals surface area contributed by atoms with Crippen molar-refractivity contribution >= 4 is 15.9 Å². The van der Waals surface area contributed by atoms with Crippen molar-refractivity contribution in [3.8, 4) is 0 Å². The van der Waals surface area contributed by atoms with Crippen LogP contribution in [0, 0.1) is 0 Å². The topological polar surface area (TPSA) is 43.6 Å². The van der Waals surface area contributed by atoms with E-state index in [0.29, 0.717) is 10.7 Å². The normalized spacial score (nSPS) is 16.0. The van der Waals surface area contributed by atoms with E-state index in [1.54, 1.807) is 4.68 Å². The van der Waals surface area contributed by atoms with E-state index in [1.807, 2.05) is 7.05 Å². The molecule has 4 nitrogen and oxygen atoms in total. The van der Waals surface area contributed by atoms with Gasteiger partial charge in [0.05, 0.1) is 0 Å². The number of tetrazole rings is 1. The first-order chi connectivity index (χ1) is 5.66. The van der Waals surface area contributed by atoms with Crippen LogP contribution in [0.4, 0.5) is 0 Å². The van der Waals surface area contributed by atoms with Crippen LogP contribution in [0.1, 0.15) is 32.0 Å². The van der Waals surface area contributed by atoms with Gasteiger partial charge in [-0.1, -0.05) is 29.8 Å². The zero-order chi connectivity index (χ0) is 9.14. The number of rotatable bonds is 3. The Kier molecular flexibility index (Phi) is 3.20. The summed E-state index contributed by atoms with van der Waals surface area (Å²) in [6.07, 6.45) is 1.04. The van der Waals surface area contributed by atoms with Crippen molar-refractivity contribution in [2.24, 2.45) is 7.05 Å². The summed E-state index contributed by atoms with van der Waals surface area (Å²) >= 11 is 3.55. The summed E-state index contributed by atoms with van der Waals surface area (Å²) in [6, 6.07) is 0. The SMILES string of the molecule is CCC(c1nnnn1C)C(C)Br. The summed E-state index contributed by atoms with van der Waals surface area (Å²) in [5, 5.41) is 11.4. The van der Waals surface area contributed by atoms with Gasteiger partial charge in [-0.15, -0.1) is 5.10 Å². The monoisotopic (exact) mass is 232 g/mol. The van der Waals surface area contributed by atoms with Crippen LogP contribution in [0.3, 0.4) is 0 Å². The molecule has 1 aromatic heterocycles. The van der Waals surface area contributed by atoms with Gasteiger partial charge >= 0.3 is 0 Å². The number of halogens is 1. The van der Waals surface area contributed by atoms with Gasteiger partial charge in [-0.05, 0) is 16.8 Å². The number of aryl methyl sites for hydroxylation is 1. The molecular weight excluding hydrogens is 220 g/mol. The lowest BCUT2D eigenvalue weighted by atomic mass is 10.0. The number of aromatic nitrogens is 4. The third-order valence-electron chi connectivity index (χ3n) is 1.98. The summed E-state index contributed by atoms with van der Waals surface area (Å²) in [4.78, 5) is 0.409. The van der Waals surface area contributed by atoms with Crippen molar-refractivity contribution in [3.63, 3.8) is 0 Å². The Balaban J connectivity index is 2.87. The van der Waals surface area contributed by atoms with E-state index < -0.39 is 0 Å². The van der Waals surface area contributed by atoms with Crippen LogP contribution in [0.5, 0.6) is 0 Å². The van der Waals surface area contributed by atoms with Gasteiger partial charge in [0.25, 0.3) is 0 Å². The standard InChI is InChI=1S/C7H13BrN4/c1-4-6(5(2)8)7-9-10-11-12(7)3/h5-6H,4H2,1-3H3. The highest BCUT2D eigenvalue weighted by Crippen LogP contribution is 2.25. The van der Waals surface area contributed by atoms with E-state index in [0.717, 1.165) is 12.2 Å². The van der Waals surface area contributed by atoms with Gasteiger partial charge in [0.1, 0.15) is 0 Å². The van der Waals surface area contributed by atoms with Crippen molar-refractivity contribution in [1.29, 1.82) is 0 Å². The van der Waals surface area contributed by atoms with Gasteiger partial charge in [-0.25, -0.2) is 4.68 Å². The van der Waals surface area contributed by atoms with E-state index in [2.05, 4.69) is 45.3 Å². The van der Waals surface area contributed by atoms with Crippen molar-refractivity contribution < 1.29 is 0 Å². The summed E-state index contributed by atoms with van der Waals surface area (Å²) in [6.45, 7) is 4.25. The molecule has 0 radical (unpaired) electrons. The molecule has 1 aromatic rings. The highest BCUT2D eigenvalue weighted by atomic mass is 79.9. The van der Waals surface area contributed by atoms with E-state index >= 15 is 0 Å². The molecule has 1 rings (SSSR count). The molecule has 0 saturated heterocycles. The number of hydrogen-bond acceptors (Lipinski definition) is 3. The summed E-state index contributed by atoms with van der Waals surface area (Å²) < 4.78 is 1.73. The van der Waals surface area contributed by atoms with Crippen LogP contribution in [-0.2, 0) is 7.05 Å². The summed E-state index contributed by atoms with van der Waals surface area (Å²) in [5.41, 5.74) is 0. The maximum atomic E-state index is 3.98. The number of hydrogen-bond donors (Lipinski definition) is 0. The fraction of sp³-hybridized carbons (Fsp3) is 0.857. The van der Waals surface area contributed by atoms with Gasteiger partial charge in [-0.3, -0.25) is 0 Å². The van der Waals surface area contributed by atoms with Gasteiger partial charge < -0.3 is 0 Å². The molecule has 0 bridgehead atoms. The van der Waals surface area contributed by atoms with Crippen molar-refractivity contribution in [2.45, 2.75) is 31.0 Å². The third-order valence-corrected chi connectivity index (χ3v) is 2.62. The van der Waals surface area contributed by atoms with Crippen molar-refractivity contribution in [3.05, 3.63) is 5.82 Å². The molecule has 2 atom stereocenters. The van der Waals surface area contributed by atoms with E-state index in [9.17, 15) is 0 Å². The molecule has 5 heteroatoms. The first-order valence-electron chi connectivity index (χ1n) is 4.03. The Morgan fingerprint density at radius 2 is 2.25 bits per heavy atom. The molecule has 0 aliphatic carbocycles. The van der Waals surface area contributed by atoms with Gasteiger partial charge in [0.2, 0.25) is 0 Å². The van der Waals surface area contributed by atoms with E-state index in [4.69, 9.17) is 0 Å². The van der Waals surface area contributed by atoms with Crippen LogP contribution in [0.2, 0.25) is 0 Å². The van der Waals surface area contributed by atoms with E-state index in [1.165, 1.54) is 0 Å². The minimum Gasteiger partial charge on any atom is -0.232 e. The second-order valence-corrected chi connectivity index (χ2v) is 4.30. The lowest BCUT2D eigenvalue weighted by Crippen LogP contribution is -2.13. The predicted octanol–water partition coefficient (Wildman–Crippen LogP) is 1.49. The van der Waals surface area contributed by atoms with Gasteiger partial charge in [0.15, 0.2) is 5.82 Å². The smallest absolute Gasteiger partial charge is 0.155 e. The Bertz CT molecular complexity index is 245. The molecular formula is C7H13BrN4. The zero-order valence-electron chi connectivity index (χ0n) is 7.53. The van der Waals surface area contributed by atoms with Crippen LogP contribution in [0.25, 0.3) is 0 Å². The Labute approximate surface area is 80.5 Å². The maximum Gasteiger partial charge on any atom is 0.155 e. The number of alkyl halides is 1. The highest BCUT2D eigenvalue weighted by Gasteiger charge is 2.20. The lowest BCUT2D eigenvalue weighted by molar-refractivity contribution is 0.571. The molecule has 0 saturated carbocycles. The summed E-state index contributed by atoms with van der Waals surface area (Å²) in [7, 11) is 1.87. The quantitative estimate of drug-likeness (QED) is 0.743. The Hall–Kier alpha value is -0.450. The third kappa shape index (κ3) is 1.83. The molecule has 0 aromatic carbocycles. The van der Waals surface area contributed by atoms with E-state index in [-0.39, 0.29) is 0 Å². The van der Waals surface area contributed by atoms with Gasteiger partial charge in [0, 0.05) is 17.8 Å². The minimum absolute atomic E-state index is 0.394. The van der Waals surface area contributed by atoms with Gasteiger partial charge in [-0.2, -0.15) is 0 Å². The Morgan fingerprint density at radius 1 is 1.58 bits per heavy atom. The first kappa shape index (κ1) is 9.64. The summed E-state index contributed by atoms with van der Waals surface area (Å²) in [5.74, 6) is 1.34. The highest BCUT2D eigenvalue weighted by molar-refractivity contribution is 9.09. The predicted molar refractivity (Wildman–Crippen MR) is 50.2 cm³/mol. The first-order valence-corrected chi connectivity index (χ1v) is 4.94. The average molecular weight is 233 g/mol. The van der Waals surface area contributed by atoms with Crippen LogP contribution in [0.15, 0.2) is 0 Å². The molecule has 0 fully saturated rings. The largest absolute Gasteiger partial charge is 0.232 e. The second-order valence-electron chi connectivity index (χ2n) is 2.85. The molecule has 68 valence electrons. The molecule has 0 N–H and O–H groups in total. The zero-order valence-corrected chi connectivity index (χ0v) is 9.11. The van der Waals surface area contributed by atoms with Crippen LogP contribution >= 0.6 is 15.9 Å². The molecule has 2 unspecified atom stereocenters. The fourth-order valence-electron chi connectivity index (χ4n) is 1.26. The van der Waals surface area contributed by atoms with Crippen LogP contribution < -0.4 is 0 Å². The second kappa shape index (κ2) is 3.98. The van der Waals surface area contributed by atoms with Crippen molar-refractivity contribution in [2.75, 3.05) is 0 Å². The molecule has 0 aliphatic heterocycles.